The highest BCUT2D eigenvalue weighted by Crippen LogP contribution is 2.35. The Hall–Kier alpha value is -2.47. The monoisotopic (exact) mass is 483 g/mol. The Kier molecular flexibility index (Phi) is 7.31. The zero-order valence-electron chi connectivity index (χ0n) is 17.2. The quantitative estimate of drug-likeness (QED) is 0.507. The first kappa shape index (κ1) is 23.2. The predicted molar refractivity (Wildman–Crippen MR) is 125 cm³/mol. The fourth-order valence-electron chi connectivity index (χ4n) is 3.03. The van der Waals surface area contributed by atoms with Crippen LogP contribution in [0.3, 0.4) is 0 Å². The summed E-state index contributed by atoms with van der Waals surface area (Å²) >= 11 is 8.59. The lowest BCUT2D eigenvalue weighted by Gasteiger charge is -2.24. The van der Waals surface area contributed by atoms with Crippen LogP contribution >= 0.6 is 34.3 Å². The number of nitrogen functional groups attached to an aromatic ring is 1. The summed E-state index contributed by atoms with van der Waals surface area (Å²) in [6.07, 6.45) is 0.627. The van der Waals surface area contributed by atoms with Crippen LogP contribution in [0.25, 0.3) is 9.88 Å². The second kappa shape index (κ2) is 9.77. The molecule has 0 fully saturated rings. The minimum Gasteiger partial charge on any atom is -0.383 e. The lowest BCUT2D eigenvalue weighted by molar-refractivity contribution is 0.0978. The van der Waals surface area contributed by atoms with Gasteiger partial charge in [0.05, 0.1) is 21.5 Å². The van der Waals surface area contributed by atoms with Gasteiger partial charge in [-0.2, -0.15) is 0 Å². The van der Waals surface area contributed by atoms with Crippen LogP contribution in [0, 0.1) is 6.92 Å². The SMILES string of the molecule is CCCn1c(N)c(N(CCOC)C(=O)c2sc(-c3ccc(Cl)s3)nc2C)c(=O)[nH]c1=O. The number of thiophene rings is 1. The molecule has 0 atom stereocenters. The van der Waals surface area contributed by atoms with Crippen LogP contribution in [-0.2, 0) is 11.3 Å². The van der Waals surface area contributed by atoms with E-state index in [1.54, 1.807) is 13.0 Å². The summed E-state index contributed by atoms with van der Waals surface area (Å²) < 4.78 is 7.00. The van der Waals surface area contributed by atoms with Crippen molar-refractivity contribution in [3.05, 3.63) is 47.9 Å². The van der Waals surface area contributed by atoms with E-state index in [0.29, 0.717) is 32.9 Å². The molecule has 3 N–H and O–H groups in total. The van der Waals surface area contributed by atoms with Crippen LogP contribution in [-0.4, -0.2) is 40.7 Å². The summed E-state index contributed by atoms with van der Waals surface area (Å²) in [4.78, 5) is 47.5. The van der Waals surface area contributed by atoms with Crippen molar-refractivity contribution in [3.8, 4) is 9.88 Å². The van der Waals surface area contributed by atoms with Crippen molar-refractivity contribution in [3.63, 3.8) is 0 Å². The van der Waals surface area contributed by atoms with E-state index in [1.165, 1.54) is 39.3 Å². The molecule has 0 saturated heterocycles. The Labute approximate surface area is 191 Å². The molecule has 0 saturated carbocycles. The first-order valence-corrected chi connectivity index (χ1v) is 11.5. The Morgan fingerprint density at radius 2 is 2.10 bits per heavy atom. The molecular formula is C19H22ClN5O4S2. The molecule has 1 amide bonds. The molecule has 0 aliphatic heterocycles. The van der Waals surface area contributed by atoms with Crippen LogP contribution in [0.4, 0.5) is 11.5 Å². The first-order chi connectivity index (χ1) is 14.8. The number of hydrogen-bond donors (Lipinski definition) is 2. The second-order valence-corrected chi connectivity index (χ2v) is 9.35. The summed E-state index contributed by atoms with van der Waals surface area (Å²) in [5.74, 6) is -0.507. The Balaban J connectivity index is 2.10. The van der Waals surface area contributed by atoms with Gasteiger partial charge in [-0.1, -0.05) is 18.5 Å². The lowest BCUT2D eigenvalue weighted by Crippen LogP contribution is -2.42. The number of halogens is 1. The second-order valence-electron chi connectivity index (χ2n) is 6.63. The minimum absolute atomic E-state index is 0.0625. The van der Waals surface area contributed by atoms with Crippen molar-refractivity contribution in [2.45, 2.75) is 26.8 Å². The number of anilines is 2. The van der Waals surface area contributed by atoms with Crippen molar-refractivity contribution in [1.82, 2.24) is 14.5 Å². The van der Waals surface area contributed by atoms with Crippen molar-refractivity contribution in [1.29, 1.82) is 0 Å². The number of rotatable bonds is 8. The van der Waals surface area contributed by atoms with E-state index >= 15 is 0 Å². The normalized spacial score (nSPS) is 11.1. The Morgan fingerprint density at radius 3 is 2.71 bits per heavy atom. The van der Waals surface area contributed by atoms with Gasteiger partial charge < -0.3 is 10.5 Å². The van der Waals surface area contributed by atoms with Gasteiger partial charge in [0.1, 0.15) is 15.7 Å². The van der Waals surface area contributed by atoms with Crippen LogP contribution in [0.15, 0.2) is 21.7 Å². The molecule has 0 bridgehead atoms. The molecule has 0 aliphatic rings. The standard InChI is InChI=1S/C19H22ClN5O4S2/c1-4-7-25-15(21)13(16(26)23-19(25)28)24(8-9-29-3)18(27)14-10(2)22-17(31-14)11-5-6-12(20)30-11/h5-6H,4,7-9,21H2,1-3H3,(H,23,26,28). The maximum atomic E-state index is 13.5. The number of aryl methyl sites for hydroxylation is 1. The summed E-state index contributed by atoms with van der Waals surface area (Å²) in [5, 5.41) is 0.655. The molecule has 12 heteroatoms. The van der Waals surface area contributed by atoms with Crippen molar-refractivity contribution in [2.75, 3.05) is 30.9 Å². The van der Waals surface area contributed by atoms with Crippen LogP contribution < -0.4 is 21.9 Å². The number of H-pyrrole nitrogens is 1. The third-order valence-corrected chi connectivity index (χ3v) is 7.02. The van der Waals surface area contributed by atoms with Crippen LogP contribution in [0.5, 0.6) is 0 Å². The van der Waals surface area contributed by atoms with Crippen LogP contribution in [0.2, 0.25) is 4.34 Å². The van der Waals surface area contributed by atoms with E-state index in [0.717, 1.165) is 4.88 Å². The van der Waals surface area contributed by atoms with Gasteiger partial charge in [0, 0.05) is 20.2 Å². The van der Waals surface area contributed by atoms with E-state index in [4.69, 9.17) is 22.1 Å². The molecule has 0 aromatic carbocycles. The number of thiazole rings is 1. The number of nitrogens with one attached hydrogen (secondary N) is 1. The van der Waals surface area contributed by atoms with Gasteiger partial charge in [-0.25, -0.2) is 9.78 Å². The fourth-order valence-corrected chi connectivity index (χ4v) is 5.15. The predicted octanol–water partition coefficient (Wildman–Crippen LogP) is 2.97. The first-order valence-electron chi connectivity index (χ1n) is 9.45. The van der Waals surface area contributed by atoms with Crippen molar-refractivity contribution < 1.29 is 9.53 Å². The molecule has 31 heavy (non-hydrogen) atoms. The highest BCUT2D eigenvalue weighted by atomic mass is 35.5. The zero-order chi connectivity index (χ0) is 22.7. The average Bonchev–Trinajstić information content (AvgIpc) is 3.32. The molecule has 9 nitrogen and oxygen atoms in total. The van der Waals surface area contributed by atoms with E-state index in [2.05, 4.69) is 9.97 Å². The van der Waals surface area contributed by atoms with Crippen LogP contribution in [0.1, 0.15) is 28.7 Å². The van der Waals surface area contributed by atoms with E-state index in [-0.39, 0.29) is 24.7 Å². The summed E-state index contributed by atoms with van der Waals surface area (Å²) in [7, 11) is 1.49. The number of carbonyl (C=O) groups is 1. The number of ether oxygens (including phenoxy) is 1. The molecule has 0 unspecified atom stereocenters. The number of nitrogens with zero attached hydrogens (tertiary/aromatic N) is 3. The van der Waals surface area contributed by atoms with E-state index in [9.17, 15) is 14.4 Å². The third-order valence-electron chi connectivity index (χ3n) is 4.47. The van der Waals surface area contributed by atoms with Gasteiger partial charge in [-0.05, 0) is 25.5 Å². The number of amides is 1. The Bertz CT molecular complexity index is 1210. The molecule has 0 aliphatic carbocycles. The fraction of sp³-hybridized carbons (Fsp3) is 0.368. The van der Waals surface area contributed by atoms with Crippen molar-refractivity contribution >= 4 is 51.7 Å². The number of aromatic nitrogens is 3. The molecule has 0 radical (unpaired) electrons. The number of carbonyl (C=O) groups excluding carboxylic acids is 1. The lowest BCUT2D eigenvalue weighted by atomic mass is 10.3. The van der Waals surface area contributed by atoms with Gasteiger partial charge in [0.25, 0.3) is 11.5 Å². The minimum atomic E-state index is -0.730. The number of methoxy groups -OCH3 is 1. The smallest absolute Gasteiger partial charge is 0.330 e. The maximum absolute atomic E-state index is 13.5. The topological polar surface area (TPSA) is 123 Å². The van der Waals surface area contributed by atoms with Gasteiger partial charge in [0.15, 0.2) is 5.69 Å². The van der Waals surface area contributed by atoms with Gasteiger partial charge in [0.2, 0.25) is 0 Å². The molecule has 166 valence electrons. The molecule has 3 heterocycles. The number of aromatic amines is 1. The molecule has 3 aromatic rings. The molecular weight excluding hydrogens is 462 g/mol. The Morgan fingerprint density at radius 1 is 1.35 bits per heavy atom. The van der Waals surface area contributed by atoms with E-state index in [1.807, 2.05) is 13.0 Å². The molecule has 3 rings (SSSR count). The average molecular weight is 484 g/mol. The van der Waals surface area contributed by atoms with E-state index < -0.39 is 17.2 Å². The third kappa shape index (κ3) is 4.74. The van der Waals surface area contributed by atoms with Crippen molar-refractivity contribution in [2.24, 2.45) is 0 Å². The molecule has 3 aromatic heterocycles. The maximum Gasteiger partial charge on any atom is 0.330 e. The highest BCUT2D eigenvalue weighted by Gasteiger charge is 2.28. The largest absolute Gasteiger partial charge is 0.383 e. The van der Waals surface area contributed by atoms with Gasteiger partial charge >= 0.3 is 5.69 Å². The summed E-state index contributed by atoms with van der Waals surface area (Å²) in [6.45, 7) is 4.16. The number of hydrogen-bond acceptors (Lipinski definition) is 8. The summed E-state index contributed by atoms with van der Waals surface area (Å²) in [5.41, 5.74) is 5.28. The zero-order valence-corrected chi connectivity index (χ0v) is 19.6. The summed E-state index contributed by atoms with van der Waals surface area (Å²) in [6, 6.07) is 3.60. The molecule has 0 spiro atoms. The van der Waals surface area contributed by atoms with Gasteiger partial charge in [-0.3, -0.25) is 24.0 Å². The highest BCUT2D eigenvalue weighted by molar-refractivity contribution is 7.24. The number of nitrogens with two attached hydrogens (primary N) is 1. The van der Waals surface area contributed by atoms with Gasteiger partial charge in [-0.15, -0.1) is 22.7 Å².